The van der Waals surface area contributed by atoms with E-state index in [0.717, 1.165) is 24.8 Å². The van der Waals surface area contributed by atoms with Crippen molar-refractivity contribution in [2.75, 3.05) is 7.05 Å². The topological polar surface area (TPSA) is 213 Å². The van der Waals surface area contributed by atoms with E-state index in [2.05, 4.69) is 17.6 Å². The molecule has 2 aromatic carbocycles. The maximum atomic E-state index is 14.0. The number of nitrogens with two attached hydrogens (primary N) is 1. The number of fused-ring (bicyclic) bond motifs is 5. The SMILES string of the molecule is CCCCCCCCCCCCCCCC(=O)C[C@H](CC(N)=O)C(=O)N[C@H](C)C(=O)CCC(=O)N(C)[C@@H]1C(=O)C[C@@H](C)C(=O)N[C@H](C)Cc2ccc(O)c(c2)-c2cc1ccc2O. The highest BCUT2D eigenvalue weighted by molar-refractivity contribution is 5.96. The van der Waals surface area contributed by atoms with Gasteiger partial charge in [-0.3, -0.25) is 33.6 Å². The molecule has 0 spiro atoms. The smallest absolute Gasteiger partial charge is 0.224 e. The molecule has 0 unspecified atom stereocenters. The van der Waals surface area contributed by atoms with E-state index < -0.39 is 53.2 Å². The van der Waals surface area contributed by atoms with E-state index in [4.69, 9.17) is 5.73 Å². The molecule has 0 aliphatic carbocycles. The maximum absolute atomic E-state index is 14.0. The minimum Gasteiger partial charge on any atom is -0.507 e. The second kappa shape index (κ2) is 26.4. The number of hydrogen-bond donors (Lipinski definition) is 5. The number of amides is 4. The number of phenolic OH excluding ortho intramolecular Hbond substituents is 2. The summed E-state index contributed by atoms with van der Waals surface area (Å²) >= 11 is 0. The Bertz CT molecular complexity index is 1840. The van der Waals surface area contributed by atoms with Crippen molar-refractivity contribution in [1.82, 2.24) is 15.5 Å². The molecule has 1 aliphatic heterocycles. The van der Waals surface area contributed by atoms with E-state index in [-0.39, 0.29) is 66.9 Å². The Balaban J connectivity index is 1.58. The number of phenols is 2. The average molecular weight is 861 g/mol. The number of ketones is 3. The number of likely N-dealkylation sites (N-methyl/N-ethyl adjacent to an activating group) is 1. The van der Waals surface area contributed by atoms with Gasteiger partial charge in [-0.1, -0.05) is 103 Å². The number of carbonyl (C=O) groups excluding carboxylic acids is 7. The Labute approximate surface area is 368 Å². The zero-order chi connectivity index (χ0) is 45.8. The Morgan fingerprint density at radius 3 is 1.94 bits per heavy atom. The van der Waals surface area contributed by atoms with Gasteiger partial charge < -0.3 is 31.5 Å². The number of primary amides is 1. The highest BCUT2D eigenvalue weighted by Crippen LogP contribution is 2.39. The Kier molecular flexibility index (Phi) is 21.8. The molecule has 13 nitrogen and oxygen atoms in total. The first kappa shape index (κ1) is 51.3. The molecule has 1 aliphatic rings. The third-order valence-electron chi connectivity index (χ3n) is 11.9. The van der Waals surface area contributed by atoms with Crippen molar-refractivity contribution in [3.8, 4) is 22.6 Å². The molecule has 6 N–H and O–H groups in total. The second-order valence-corrected chi connectivity index (χ2v) is 17.5. The summed E-state index contributed by atoms with van der Waals surface area (Å²) in [6, 6.07) is 6.79. The van der Waals surface area contributed by atoms with Crippen molar-refractivity contribution < 1.29 is 43.8 Å². The van der Waals surface area contributed by atoms with Crippen LogP contribution in [0.5, 0.6) is 11.5 Å². The summed E-state index contributed by atoms with van der Waals surface area (Å²) in [5.41, 5.74) is 7.12. The summed E-state index contributed by atoms with van der Waals surface area (Å²) in [6.07, 6.45) is 14.7. The zero-order valence-corrected chi connectivity index (χ0v) is 37.8. The predicted molar refractivity (Wildman–Crippen MR) is 240 cm³/mol. The van der Waals surface area contributed by atoms with Crippen molar-refractivity contribution in [3.63, 3.8) is 0 Å². The Morgan fingerprint density at radius 2 is 1.34 bits per heavy atom. The third kappa shape index (κ3) is 17.0. The number of Topliss-reactive ketones (excluding diaryl/α,β-unsaturated/α-hetero) is 3. The molecule has 4 bridgehead atoms. The standard InChI is InChI=1S/C49H72N4O9/c1-6-7-8-9-10-11-12-13-14-15-16-17-18-19-38(54)29-37(31-45(50)59)49(62)52-34(4)41(55)24-25-46(60)53(5)47-36-21-23-43(57)40(30-36)39-28-35(20-22-42(39)56)27-33(3)51-48(61)32(2)26-44(47)58/h20-23,28,30,32-34,37,47,56-57H,6-19,24-27,29,31H2,1-5H3,(H2,50,59)(H,51,61)(H,52,62)/t32-,33-,34-,37-,47+/m1/s1. The van der Waals surface area contributed by atoms with Gasteiger partial charge in [-0.15, -0.1) is 0 Å². The van der Waals surface area contributed by atoms with Crippen LogP contribution in [0.2, 0.25) is 0 Å². The molecule has 13 heteroatoms. The first-order valence-corrected chi connectivity index (χ1v) is 22.9. The molecule has 342 valence electrons. The lowest BCUT2D eigenvalue weighted by Crippen LogP contribution is -2.43. The fourth-order valence-corrected chi connectivity index (χ4v) is 8.18. The molecule has 1 heterocycles. The highest BCUT2D eigenvalue weighted by atomic mass is 16.3. The molecule has 3 rings (SSSR count). The summed E-state index contributed by atoms with van der Waals surface area (Å²) in [5.74, 6) is -5.38. The fraction of sp³-hybridized carbons (Fsp3) is 0.612. The normalized spacial score (nSPS) is 17.6. The number of aromatic hydroxyl groups is 2. The van der Waals surface area contributed by atoms with Gasteiger partial charge >= 0.3 is 0 Å². The monoisotopic (exact) mass is 861 g/mol. The van der Waals surface area contributed by atoms with Gasteiger partial charge in [0.2, 0.25) is 23.6 Å². The molecule has 5 atom stereocenters. The van der Waals surface area contributed by atoms with Crippen LogP contribution in [-0.4, -0.2) is 75.2 Å². The summed E-state index contributed by atoms with van der Waals surface area (Å²) in [5, 5.41) is 27.2. The number of carbonyl (C=O) groups is 7. The number of hydrogen-bond acceptors (Lipinski definition) is 9. The van der Waals surface area contributed by atoms with Gasteiger partial charge in [-0.25, -0.2) is 0 Å². The zero-order valence-electron chi connectivity index (χ0n) is 37.8. The van der Waals surface area contributed by atoms with Crippen LogP contribution in [0.25, 0.3) is 11.1 Å². The molecule has 0 fully saturated rings. The van der Waals surface area contributed by atoms with E-state index in [1.165, 1.54) is 101 Å². The lowest BCUT2D eigenvalue weighted by Gasteiger charge is -2.29. The first-order chi connectivity index (χ1) is 29.5. The quantitative estimate of drug-likeness (QED) is 0.0618. The van der Waals surface area contributed by atoms with Crippen LogP contribution in [0, 0.1) is 11.8 Å². The van der Waals surface area contributed by atoms with Crippen LogP contribution in [0.15, 0.2) is 36.4 Å². The second-order valence-electron chi connectivity index (χ2n) is 17.5. The molecule has 0 radical (unpaired) electrons. The molecular weight excluding hydrogens is 789 g/mol. The van der Waals surface area contributed by atoms with Crippen molar-refractivity contribution in [2.24, 2.45) is 17.6 Å². The van der Waals surface area contributed by atoms with E-state index >= 15 is 0 Å². The van der Waals surface area contributed by atoms with Crippen molar-refractivity contribution in [3.05, 3.63) is 47.5 Å². The number of rotatable bonds is 25. The van der Waals surface area contributed by atoms with Crippen molar-refractivity contribution in [2.45, 2.75) is 174 Å². The molecular formula is C49H72N4O9. The van der Waals surface area contributed by atoms with Crippen LogP contribution in [0.4, 0.5) is 0 Å². The van der Waals surface area contributed by atoms with Crippen LogP contribution < -0.4 is 16.4 Å². The molecule has 4 amide bonds. The molecule has 2 aromatic rings. The first-order valence-electron chi connectivity index (χ1n) is 22.9. The number of benzene rings is 2. The van der Waals surface area contributed by atoms with Gasteiger partial charge in [-0.05, 0) is 62.1 Å². The Hall–Kier alpha value is -5.07. The minimum absolute atomic E-state index is 0.108. The summed E-state index contributed by atoms with van der Waals surface area (Å²) < 4.78 is 0. The number of unbranched alkanes of at least 4 members (excludes halogenated alkanes) is 12. The third-order valence-corrected chi connectivity index (χ3v) is 11.9. The minimum atomic E-state index is -1.21. The van der Waals surface area contributed by atoms with Crippen LogP contribution in [0.1, 0.15) is 167 Å². The number of nitrogens with one attached hydrogen (secondary N) is 2. The van der Waals surface area contributed by atoms with Crippen molar-refractivity contribution >= 4 is 41.0 Å². The summed E-state index contributed by atoms with van der Waals surface area (Å²) in [6.45, 7) is 7.14. The van der Waals surface area contributed by atoms with Crippen LogP contribution in [0.3, 0.4) is 0 Å². The van der Waals surface area contributed by atoms with Crippen LogP contribution >= 0.6 is 0 Å². The molecule has 62 heavy (non-hydrogen) atoms. The van der Waals surface area contributed by atoms with Crippen molar-refractivity contribution in [1.29, 1.82) is 0 Å². The van der Waals surface area contributed by atoms with E-state index in [9.17, 15) is 43.8 Å². The van der Waals surface area contributed by atoms with Gasteiger partial charge in [0.25, 0.3) is 0 Å². The molecule has 0 aromatic heterocycles. The predicted octanol–water partition coefficient (Wildman–Crippen LogP) is 7.71. The van der Waals surface area contributed by atoms with E-state index in [0.29, 0.717) is 30.4 Å². The lowest BCUT2D eigenvalue weighted by molar-refractivity contribution is -0.140. The van der Waals surface area contributed by atoms with Gasteiger partial charge in [-0.2, -0.15) is 0 Å². The van der Waals surface area contributed by atoms with Gasteiger partial charge in [0.1, 0.15) is 23.3 Å². The highest BCUT2D eigenvalue weighted by Gasteiger charge is 2.33. The van der Waals surface area contributed by atoms with Crippen LogP contribution in [-0.2, 0) is 40.0 Å². The van der Waals surface area contributed by atoms with Gasteiger partial charge in [0, 0.05) is 68.7 Å². The summed E-state index contributed by atoms with van der Waals surface area (Å²) in [7, 11) is 1.42. The molecule has 0 saturated carbocycles. The summed E-state index contributed by atoms with van der Waals surface area (Å²) in [4.78, 5) is 93.3. The maximum Gasteiger partial charge on any atom is 0.224 e. The van der Waals surface area contributed by atoms with E-state index in [1.807, 2.05) is 6.92 Å². The molecule has 0 saturated heterocycles. The van der Waals surface area contributed by atoms with E-state index in [1.54, 1.807) is 19.1 Å². The fourth-order valence-electron chi connectivity index (χ4n) is 8.18. The van der Waals surface area contributed by atoms with Gasteiger partial charge in [0.15, 0.2) is 11.6 Å². The largest absolute Gasteiger partial charge is 0.507 e. The lowest BCUT2D eigenvalue weighted by atomic mass is 9.90. The van der Waals surface area contributed by atoms with Gasteiger partial charge in [0.05, 0.1) is 12.0 Å². The Morgan fingerprint density at radius 1 is 0.774 bits per heavy atom. The average Bonchev–Trinajstić information content (AvgIpc) is 3.21. The number of nitrogens with zero attached hydrogens (tertiary/aromatic N) is 1.